The molecule has 0 fully saturated rings. The maximum absolute atomic E-state index is 9.56. The highest BCUT2D eigenvalue weighted by molar-refractivity contribution is 7.99. The lowest BCUT2D eigenvalue weighted by Crippen LogP contribution is -1.98. The minimum atomic E-state index is 0.403. The van der Waals surface area contributed by atoms with Crippen LogP contribution < -0.4 is 0 Å². The summed E-state index contributed by atoms with van der Waals surface area (Å²) >= 11 is 2.07. The SMILES string of the molecule is CCCCCCCCSCC(C)c1ccc(O)c(C)c1. The molecule has 20 heavy (non-hydrogen) atoms. The van der Waals surface area contributed by atoms with Crippen LogP contribution >= 0.6 is 11.8 Å². The Hall–Kier alpha value is -0.630. The van der Waals surface area contributed by atoms with Crippen LogP contribution in [0.25, 0.3) is 0 Å². The van der Waals surface area contributed by atoms with Crippen molar-refractivity contribution in [2.45, 2.75) is 65.2 Å². The fourth-order valence-corrected chi connectivity index (χ4v) is 3.45. The van der Waals surface area contributed by atoms with Crippen molar-refractivity contribution in [1.82, 2.24) is 0 Å². The lowest BCUT2D eigenvalue weighted by molar-refractivity contribution is 0.470. The summed E-state index contributed by atoms with van der Waals surface area (Å²) in [5.41, 5.74) is 2.33. The first-order valence-electron chi connectivity index (χ1n) is 8.02. The highest BCUT2D eigenvalue weighted by Gasteiger charge is 2.07. The summed E-state index contributed by atoms with van der Waals surface area (Å²) in [6.45, 7) is 6.51. The van der Waals surface area contributed by atoms with E-state index in [-0.39, 0.29) is 0 Å². The summed E-state index contributed by atoms with van der Waals surface area (Å²) in [6.07, 6.45) is 8.28. The van der Waals surface area contributed by atoms with Gasteiger partial charge in [-0.3, -0.25) is 0 Å². The zero-order valence-corrected chi connectivity index (χ0v) is 14.1. The zero-order valence-electron chi connectivity index (χ0n) is 13.3. The van der Waals surface area contributed by atoms with Gasteiger partial charge in [0.1, 0.15) is 5.75 Å². The van der Waals surface area contributed by atoms with Crippen LogP contribution in [0.3, 0.4) is 0 Å². The first-order chi connectivity index (χ1) is 9.65. The van der Waals surface area contributed by atoms with Crippen molar-refractivity contribution in [2.75, 3.05) is 11.5 Å². The number of unbranched alkanes of at least 4 members (excludes halogenated alkanes) is 5. The molecule has 114 valence electrons. The van der Waals surface area contributed by atoms with Crippen molar-refractivity contribution < 1.29 is 5.11 Å². The third-order valence-corrected chi connectivity index (χ3v) is 5.11. The molecule has 0 saturated heterocycles. The molecule has 1 rings (SSSR count). The van der Waals surface area contributed by atoms with Crippen LogP contribution in [0, 0.1) is 6.92 Å². The molecule has 0 aromatic heterocycles. The Morgan fingerprint density at radius 1 is 1.10 bits per heavy atom. The minimum Gasteiger partial charge on any atom is -0.508 e. The number of phenols is 1. The third kappa shape index (κ3) is 6.69. The van der Waals surface area contributed by atoms with Gasteiger partial charge in [-0.25, -0.2) is 0 Å². The number of benzene rings is 1. The molecular weight excluding hydrogens is 264 g/mol. The van der Waals surface area contributed by atoms with Gasteiger partial charge in [0.15, 0.2) is 0 Å². The van der Waals surface area contributed by atoms with Crippen LogP contribution in [-0.4, -0.2) is 16.6 Å². The Balaban J connectivity index is 2.13. The topological polar surface area (TPSA) is 20.2 Å². The number of thioether (sulfide) groups is 1. The molecule has 0 saturated carbocycles. The van der Waals surface area contributed by atoms with E-state index < -0.39 is 0 Å². The fraction of sp³-hybridized carbons (Fsp3) is 0.667. The molecule has 0 spiro atoms. The summed E-state index contributed by atoms with van der Waals surface area (Å²) in [4.78, 5) is 0. The molecule has 0 bridgehead atoms. The lowest BCUT2D eigenvalue weighted by Gasteiger charge is -2.13. The molecule has 0 aliphatic carbocycles. The van der Waals surface area contributed by atoms with Gasteiger partial charge in [0, 0.05) is 0 Å². The average molecular weight is 295 g/mol. The molecule has 1 aromatic carbocycles. The van der Waals surface area contributed by atoms with E-state index in [1.807, 2.05) is 13.0 Å². The molecule has 0 heterocycles. The van der Waals surface area contributed by atoms with Crippen LogP contribution in [0.4, 0.5) is 0 Å². The van der Waals surface area contributed by atoms with E-state index in [9.17, 15) is 5.11 Å². The Kier molecular flexibility index (Phi) is 8.84. The molecular formula is C18H30OS. The molecule has 0 aliphatic rings. The number of aromatic hydroxyl groups is 1. The smallest absolute Gasteiger partial charge is 0.118 e. The molecule has 1 aromatic rings. The Bertz CT molecular complexity index is 376. The van der Waals surface area contributed by atoms with Gasteiger partial charge in [-0.1, -0.05) is 58.1 Å². The van der Waals surface area contributed by atoms with Gasteiger partial charge in [-0.2, -0.15) is 11.8 Å². The van der Waals surface area contributed by atoms with Gasteiger partial charge in [-0.05, 0) is 48.0 Å². The van der Waals surface area contributed by atoms with Gasteiger partial charge in [0.05, 0.1) is 0 Å². The average Bonchev–Trinajstić information content (AvgIpc) is 2.44. The Morgan fingerprint density at radius 2 is 1.80 bits per heavy atom. The second kappa shape index (κ2) is 10.1. The first kappa shape index (κ1) is 17.4. The van der Waals surface area contributed by atoms with E-state index in [1.165, 1.54) is 55.6 Å². The van der Waals surface area contributed by atoms with Crippen molar-refractivity contribution in [2.24, 2.45) is 0 Å². The second-order valence-corrected chi connectivity index (χ2v) is 6.94. The van der Waals surface area contributed by atoms with Gasteiger partial charge in [0.2, 0.25) is 0 Å². The maximum atomic E-state index is 9.56. The maximum Gasteiger partial charge on any atom is 0.118 e. The van der Waals surface area contributed by atoms with Crippen LogP contribution in [-0.2, 0) is 0 Å². The monoisotopic (exact) mass is 294 g/mol. The minimum absolute atomic E-state index is 0.403. The van der Waals surface area contributed by atoms with Crippen molar-refractivity contribution in [1.29, 1.82) is 0 Å². The zero-order chi connectivity index (χ0) is 14.8. The predicted octanol–water partition coefficient (Wildman–Crippen LogP) is 5.90. The van der Waals surface area contributed by atoms with E-state index in [0.29, 0.717) is 11.7 Å². The molecule has 0 amide bonds. The van der Waals surface area contributed by atoms with Gasteiger partial charge < -0.3 is 5.11 Å². The van der Waals surface area contributed by atoms with Gasteiger partial charge in [0.25, 0.3) is 0 Å². The third-order valence-electron chi connectivity index (χ3n) is 3.80. The molecule has 1 atom stereocenters. The second-order valence-electron chi connectivity index (χ2n) is 5.79. The Labute approximate surface area is 129 Å². The lowest BCUT2D eigenvalue weighted by atomic mass is 10.0. The van der Waals surface area contributed by atoms with Gasteiger partial charge >= 0.3 is 0 Å². The van der Waals surface area contributed by atoms with Crippen molar-refractivity contribution >= 4 is 11.8 Å². The fourth-order valence-electron chi connectivity index (χ4n) is 2.33. The van der Waals surface area contributed by atoms with Crippen LogP contribution in [0.5, 0.6) is 5.75 Å². The highest BCUT2D eigenvalue weighted by atomic mass is 32.2. The number of phenolic OH excluding ortho intramolecular Hbond substituents is 1. The number of hydrogen-bond donors (Lipinski definition) is 1. The largest absolute Gasteiger partial charge is 0.508 e. The predicted molar refractivity (Wildman–Crippen MR) is 92.0 cm³/mol. The van der Waals surface area contributed by atoms with Crippen molar-refractivity contribution in [3.05, 3.63) is 29.3 Å². The number of hydrogen-bond acceptors (Lipinski definition) is 2. The van der Waals surface area contributed by atoms with Crippen LogP contribution in [0.2, 0.25) is 0 Å². The van der Waals surface area contributed by atoms with E-state index >= 15 is 0 Å². The quantitative estimate of drug-likeness (QED) is 0.542. The van der Waals surface area contributed by atoms with E-state index in [4.69, 9.17) is 0 Å². The molecule has 0 aliphatic heterocycles. The van der Waals surface area contributed by atoms with Gasteiger partial charge in [-0.15, -0.1) is 0 Å². The summed E-state index contributed by atoms with van der Waals surface area (Å²) in [6, 6.07) is 5.99. The van der Waals surface area contributed by atoms with E-state index in [2.05, 4.69) is 37.7 Å². The molecule has 1 unspecified atom stereocenters. The first-order valence-corrected chi connectivity index (χ1v) is 9.18. The Morgan fingerprint density at radius 3 is 2.50 bits per heavy atom. The number of aryl methyl sites for hydroxylation is 1. The summed E-state index contributed by atoms with van der Waals surface area (Å²) in [7, 11) is 0. The summed E-state index contributed by atoms with van der Waals surface area (Å²) in [5.74, 6) is 3.44. The summed E-state index contributed by atoms with van der Waals surface area (Å²) in [5, 5.41) is 9.56. The van der Waals surface area contributed by atoms with Crippen molar-refractivity contribution in [3.63, 3.8) is 0 Å². The van der Waals surface area contributed by atoms with E-state index in [1.54, 1.807) is 0 Å². The van der Waals surface area contributed by atoms with Crippen molar-refractivity contribution in [3.8, 4) is 5.75 Å². The van der Waals surface area contributed by atoms with E-state index in [0.717, 1.165) is 5.56 Å². The normalized spacial score (nSPS) is 12.6. The highest BCUT2D eigenvalue weighted by Crippen LogP contribution is 2.25. The molecule has 2 heteroatoms. The number of rotatable bonds is 10. The summed E-state index contributed by atoms with van der Waals surface area (Å²) < 4.78 is 0. The molecule has 1 nitrogen and oxygen atoms in total. The van der Waals surface area contributed by atoms with Crippen LogP contribution in [0.1, 0.15) is 69.4 Å². The van der Waals surface area contributed by atoms with Crippen LogP contribution in [0.15, 0.2) is 18.2 Å². The molecule has 0 radical (unpaired) electrons. The standard InChI is InChI=1S/C18H30OS/c1-4-5-6-7-8-9-12-20-14-16(3)17-10-11-18(19)15(2)13-17/h10-11,13,16,19H,4-9,12,14H2,1-3H3. The molecule has 1 N–H and O–H groups in total.